The van der Waals surface area contributed by atoms with E-state index in [0.29, 0.717) is 6.04 Å². The molecule has 1 aliphatic rings. The third-order valence-electron chi connectivity index (χ3n) is 7.49. The molecule has 0 radical (unpaired) electrons. The lowest BCUT2D eigenvalue weighted by molar-refractivity contribution is 0.179. The van der Waals surface area contributed by atoms with Crippen molar-refractivity contribution in [3.63, 3.8) is 0 Å². The second kappa shape index (κ2) is 9.27. The normalized spacial score (nSPS) is 17.1. The number of anilines is 1. The largest absolute Gasteiger partial charge is 0.367 e. The molecule has 3 heterocycles. The van der Waals surface area contributed by atoms with Crippen molar-refractivity contribution in [2.24, 2.45) is 0 Å². The van der Waals surface area contributed by atoms with Crippen molar-refractivity contribution in [1.29, 1.82) is 0 Å². The highest BCUT2D eigenvalue weighted by molar-refractivity contribution is 5.91. The highest BCUT2D eigenvalue weighted by Crippen LogP contribution is 2.31. The van der Waals surface area contributed by atoms with Crippen molar-refractivity contribution in [3.8, 4) is 11.4 Å². The summed E-state index contributed by atoms with van der Waals surface area (Å²) < 4.78 is 0. The summed E-state index contributed by atoms with van der Waals surface area (Å²) in [7, 11) is 0. The fourth-order valence-corrected chi connectivity index (χ4v) is 5.27. The first kappa shape index (κ1) is 23.6. The van der Waals surface area contributed by atoms with E-state index in [2.05, 4.69) is 89.9 Å². The third kappa shape index (κ3) is 4.69. The molecule has 0 spiro atoms. The van der Waals surface area contributed by atoms with Gasteiger partial charge in [-0.15, -0.1) is 0 Å². The van der Waals surface area contributed by atoms with Crippen LogP contribution in [-0.4, -0.2) is 50.5 Å². The number of fused-ring (bicyclic) bond motifs is 2. The van der Waals surface area contributed by atoms with Crippen LogP contribution in [0.5, 0.6) is 0 Å². The molecule has 188 valence electrons. The van der Waals surface area contributed by atoms with Crippen molar-refractivity contribution in [2.75, 3.05) is 24.5 Å². The van der Waals surface area contributed by atoms with E-state index in [-0.39, 0.29) is 5.41 Å². The van der Waals surface area contributed by atoms with Gasteiger partial charge in [0.15, 0.2) is 0 Å². The predicted octanol–water partition coefficient (Wildman–Crippen LogP) is 6.18. The number of hydrogen-bond acceptors (Lipinski definition) is 5. The van der Waals surface area contributed by atoms with Crippen LogP contribution in [0.2, 0.25) is 0 Å². The van der Waals surface area contributed by atoms with Gasteiger partial charge in [0, 0.05) is 37.8 Å². The Bertz CT molecular complexity index is 1550. The van der Waals surface area contributed by atoms with Crippen molar-refractivity contribution < 1.29 is 0 Å². The van der Waals surface area contributed by atoms with Crippen LogP contribution in [0.3, 0.4) is 0 Å². The Hall–Kier alpha value is -3.77. The van der Waals surface area contributed by atoms with Crippen LogP contribution in [0.4, 0.5) is 5.69 Å². The molecule has 0 unspecified atom stereocenters. The Balaban J connectivity index is 1.20. The Labute approximate surface area is 218 Å². The van der Waals surface area contributed by atoms with Crippen LogP contribution in [0.15, 0.2) is 72.9 Å². The molecule has 6 heteroatoms. The van der Waals surface area contributed by atoms with E-state index in [1.807, 2.05) is 30.5 Å². The number of piperazine rings is 1. The molecule has 0 amide bonds. The molecular weight excluding hydrogens is 456 g/mol. The zero-order chi connectivity index (χ0) is 25.6. The summed E-state index contributed by atoms with van der Waals surface area (Å²) in [5.41, 5.74) is 8.82. The molecule has 2 aromatic heterocycles. The molecule has 6 rings (SSSR count). The molecule has 1 N–H and O–H groups in total. The lowest BCUT2D eigenvalue weighted by Gasteiger charge is -2.40. The van der Waals surface area contributed by atoms with Crippen molar-refractivity contribution in [2.45, 2.75) is 45.7 Å². The molecule has 0 aliphatic carbocycles. The molecule has 0 saturated carbocycles. The number of imidazole rings is 1. The molecule has 1 atom stereocenters. The molecule has 0 bridgehead atoms. The van der Waals surface area contributed by atoms with Gasteiger partial charge in [0.05, 0.1) is 34.1 Å². The van der Waals surface area contributed by atoms with Gasteiger partial charge in [-0.2, -0.15) is 0 Å². The molecule has 5 aromatic rings. The summed E-state index contributed by atoms with van der Waals surface area (Å²) in [6.45, 7) is 12.7. The zero-order valence-electron chi connectivity index (χ0n) is 22.1. The van der Waals surface area contributed by atoms with Gasteiger partial charge in [-0.3, -0.25) is 9.88 Å². The molecule has 3 aromatic carbocycles. The van der Waals surface area contributed by atoms with E-state index < -0.39 is 0 Å². The van der Waals surface area contributed by atoms with E-state index in [1.54, 1.807) is 0 Å². The fourth-order valence-electron chi connectivity index (χ4n) is 5.27. The number of hydrogen-bond donors (Lipinski definition) is 1. The maximum atomic E-state index is 5.06. The lowest BCUT2D eigenvalue weighted by Crippen LogP contribution is -2.51. The first-order valence-electron chi connectivity index (χ1n) is 13.1. The molecule has 1 fully saturated rings. The standard InChI is InChI=1S/C31H34N6/c1-21-19-37(17-16-36(21)20-24-18-32-25-8-5-6-9-26(25)33-24)28-11-7-10-27-29(28)35-30(34-27)22-12-14-23(15-13-22)31(2,3)4/h5-15,18,21H,16-17,19-20H2,1-4H3,(H,34,35)/t21-/m0/s1. The number of aromatic amines is 1. The van der Waals surface area contributed by atoms with Gasteiger partial charge in [-0.25, -0.2) is 9.97 Å². The van der Waals surface area contributed by atoms with E-state index in [9.17, 15) is 0 Å². The number of aromatic nitrogens is 4. The minimum atomic E-state index is 0.138. The number of para-hydroxylation sites is 3. The monoisotopic (exact) mass is 490 g/mol. The maximum absolute atomic E-state index is 5.06. The minimum absolute atomic E-state index is 0.138. The van der Waals surface area contributed by atoms with Gasteiger partial charge in [-0.1, -0.05) is 63.2 Å². The summed E-state index contributed by atoms with van der Waals surface area (Å²) in [4.78, 5) is 23.0. The summed E-state index contributed by atoms with van der Waals surface area (Å²) >= 11 is 0. The summed E-state index contributed by atoms with van der Waals surface area (Å²) in [5.74, 6) is 0.921. The fraction of sp³-hybridized carbons (Fsp3) is 0.323. The van der Waals surface area contributed by atoms with Crippen molar-refractivity contribution >= 4 is 27.8 Å². The molecule has 6 nitrogen and oxygen atoms in total. The second-order valence-corrected chi connectivity index (χ2v) is 11.2. The van der Waals surface area contributed by atoms with Gasteiger partial charge in [-0.05, 0) is 42.2 Å². The van der Waals surface area contributed by atoms with Crippen LogP contribution >= 0.6 is 0 Å². The van der Waals surface area contributed by atoms with Gasteiger partial charge in [0.1, 0.15) is 11.3 Å². The Morgan fingerprint density at radius 3 is 2.43 bits per heavy atom. The number of nitrogens with zero attached hydrogens (tertiary/aromatic N) is 5. The van der Waals surface area contributed by atoms with Crippen molar-refractivity contribution in [3.05, 3.63) is 84.2 Å². The molecular formula is C31H34N6. The highest BCUT2D eigenvalue weighted by Gasteiger charge is 2.26. The number of H-pyrrole nitrogens is 1. The number of nitrogens with one attached hydrogen (secondary N) is 1. The average Bonchev–Trinajstić information content (AvgIpc) is 3.34. The van der Waals surface area contributed by atoms with Crippen LogP contribution in [-0.2, 0) is 12.0 Å². The molecule has 1 aliphatic heterocycles. The summed E-state index contributed by atoms with van der Waals surface area (Å²) in [5, 5.41) is 0. The highest BCUT2D eigenvalue weighted by atomic mass is 15.3. The summed E-state index contributed by atoms with van der Waals surface area (Å²) in [6, 6.07) is 23.7. The van der Waals surface area contributed by atoms with Crippen LogP contribution in [0.25, 0.3) is 33.5 Å². The van der Waals surface area contributed by atoms with Crippen molar-refractivity contribution in [1.82, 2.24) is 24.8 Å². The summed E-state index contributed by atoms with van der Waals surface area (Å²) in [6.07, 6.45) is 1.92. The topological polar surface area (TPSA) is 60.9 Å². The SMILES string of the molecule is C[C@H]1CN(c2cccc3[nH]c(-c4ccc(C(C)(C)C)cc4)nc23)CCN1Cc1cnc2ccccc2n1. The molecule has 1 saturated heterocycles. The first-order chi connectivity index (χ1) is 17.8. The Morgan fingerprint density at radius 2 is 1.68 bits per heavy atom. The Kier molecular flexibility index (Phi) is 5.92. The van der Waals surface area contributed by atoms with Gasteiger partial charge >= 0.3 is 0 Å². The predicted molar refractivity (Wildman–Crippen MR) is 152 cm³/mol. The first-order valence-corrected chi connectivity index (χ1v) is 13.1. The lowest BCUT2D eigenvalue weighted by atomic mass is 9.87. The van der Waals surface area contributed by atoms with Crippen LogP contribution in [0.1, 0.15) is 39.0 Å². The average molecular weight is 491 g/mol. The Morgan fingerprint density at radius 1 is 0.892 bits per heavy atom. The van der Waals surface area contributed by atoms with Gasteiger partial charge < -0.3 is 9.88 Å². The second-order valence-electron chi connectivity index (χ2n) is 11.2. The maximum Gasteiger partial charge on any atom is 0.138 e. The van der Waals surface area contributed by atoms with E-state index in [1.165, 1.54) is 11.3 Å². The quantitative estimate of drug-likeness (QED) is 0.326. The van der Waals surface area contributed by atoms with Gasteiger partial charge in [0.2, 0.25) is 0 Å². The van der Waals surface area contributed by atoms with Crippen LogP contribution in [0, 0.1) is 0 Å². The number of benzene rings is 3. The van der Waals surface area contributed by atoms with E-state index in [4.69, 9.17) is 9.97 Å². The minimum Gasteiger partial charge on any atom is -0.367 e. The molecule has 37 heavy (non-hydrogen) atoms. The van der Waals surface area contributed by atoms with Gasteiger partial charge in [0.25, 0.3) is 0 Å². The third-order valence-corrected chi connectivity index (χ3v) is 7.49. The van der Waals surface area contributed by atoms with E-state index >= 15 is 0 Å². The smallest absolute Gasteiger partial charge is 0.138 e. The van der Waals surface area contributed by atoms with Crippen LogP contribution < -0.4 is 4.90 Å². The van der Waals surface area contributed by atoms with E-state index in [0.717, 1.165) is 65.3 Å². The zero-order valence-corrected chi connectivity index (χ0v) is 22.1. The number of rotatable bonds is 4.